The number of nitrogens with one attached hydrogen (secondary N) is 1. The van der Waals surface area contributed by atoms with Gasteiger partial charge < -0.3 is 15.2 Å². The first-order valence-electron chi connectivity index (χ1n) is 7.65. The Morgan fingerprint density at radius 1 is 1.08 bits per heavy atom. The molecule has 2 rings (SSSR count). The zero-order valence-electron chi connectivity index (χ0n) is 14.0. The van der Waals surface area contributed by atoms with E-state index in [1.807, 2.05) is 24.3 Å². The second kappa shape index (κ2) is 7.17. The number of rotatable bonds is 4. The highest BCUT2D eigenvalue weighted by atomic mass is 16.6. The summed E-state index contributed by atoms with van der Waals surface area (Å²) < 4.78 is 5.20. The van der Waals surface area contributed by atoms with Crippen molar-refractivity contribution in [1.82, 2.24) is 5.32 Å². The molecule has 0 atom stereocenters. The SMILES string of the molecule is CC(C)(C)OC(=O)NCc1cccc(-c2ccccc2C(=O)O)c1. The van der Waals surface area contributed by atoms with Crippen LogP contribution in [0, 0.1) is 0 Å². The molecule has 5 heteroatoms. The van der Waals surface area contributed by atoms with E-state index in [2.05, 4.69) is 5.32 Å². The minimum Gasteiger partial charge on any atom is -0.478 e. The minimum absolute atomic E-state index is 0.245. The molecule has 1 amide bonds. The van der Waals surface area contributed by atoms with Crippen LogP contribution in [0.1, 0.15) is 36.7 Å². The first kappa shape index (κ1) is 17.5. The van der Waals surface area contributed by atoms with E-state index in [9.17, 15) is 14.7 Å². The van der Waals surface area contributed by atoms with Crippen molar-refractivity contribution in [1.29, 1.82) is 0 Å². The lowest BCUT2D eigenvalue weighted by molar-refractivity contribution is 0.0523. The molecule has 0 unspecified atom stereocenters. The summed E-state index contributed by atoms with van der Waals surface area (Å²) in [7, 11) is 0. The van der Waals surface area contributed by atoms with Gasteiger partial charge in [0.25, 0.3) is 0 Å². The van der Waals surface area contributed by atoms with Gasteiger partial charge in [0.1, 0.15) is 5.60 Å². The second-order valence-corrected chi connectivity index (χ2v) is 6.41. The number of ether oxygens (including phenoxy) is 1. The molecular weight excluding hydrogens is 306 g/mol. The third-order valence-corrected chi connectivity index (χ3v) is 3.23. The van der Waals surface area contributed by atoms with Crippen LogP contribution in [0.2, 0.25) is 0 Å². The molecule has 0 aliphatic heterocycles. The van der Waals surface area contributed by atoms with Crippen LogP contribution in [-0.2, 0) is 11.3 Å². The number of aromatic carboxylic acids is 1. The van der Waals surface area contributed by atoms with Crippen LogP contribution in [0.15, 0.2) is 48.5 Å². The molecule has 2 N–H and O–H groups in total. The van der Waals surface area contributed by atoms with E-state index < -0.39 is 17.7 Å². The molecule has 0 aliphatic rings. The lowest BCUT2D eigenvalue weighted by Crippen LogP contribution is -2.32. The third kappa shape index (κ3) is 4.84. The largest absolute Gasteiger partial charge is 0.478 e. The number of benzene rings is 2. The summed E-state index contributed by atoms with van der Waals surface area (Å²) in [6.07, 6.45) is -0.487. The minimum atomic E-state index is -0.970. The number of hydrogen-bond acceptors (Lipinski definition) is 3. The van der Waals surface area contributed by atoms with Crippen molar-refractivity contribution in [2.45, 2.75) is 32.9 Å². The number of alkyl carbamates (subject to hydrolysis) is 1. The first-order valence-corrected chi connectivity index (χ1v) is 7.65. The second-order valence-electron chi connectivity index (χ2n) is 6.41. The molecule has 0 aromatic heterocycles. The summed E-state index contributed by atoms with van der Waals surface area (Å²) >= 11 is 0. The maximum absolute atomic E-state index is 11.7. The molecule has 0 saturated heterocycles. The van der Waals surface area contributed by atoms with Crippen LogP contribution >= 0.6 is 0 Å². The molecule has 126 valence electrons. The molecule has 2 aromatic carbocycles. The number of carboxylic acids is 1. The average molecular weight is 327 g/mol. The Bertz CT molecular complexity index is 747. The summed E-state index contributed by atoms with van der Waals surface area (Å²) in [5.74, 6) is -0.970. The Morgan fingerprint density at radius 2 is 1.79 bits per heavy atom. The Kier molecular flexibility index (Phi) is 5.24. The maximum Gasteiger partial charge on any atom is 0.407 e. The average Bonchev–Trinajstić information content (AvgIpc) is 2.51. The van der Waals surface area contributed by atoms with Gasteiger partial charge in [-0.3, -0.25) is 0 Å². The fourth-order valence-corrected chi connectivity index (χ4v) is 2.26. The monoisotopic (exact) mass is 327 g/mol. The fraction of sp³-hybridized carbons (Fsp3) is 0.263. The van der Waals surface area contributed by atoms with Crippen LogP contribution in [0.25, 0.3) is 11.1 Å². The Morgan fingerprint density at radius 3 is 2.46 bits per heavy atom. The molecule has 0 saturated carbocycles. The van der Waals surface area contributed by atoms with Crippen molar-refractivity contribution < 1.29 is 19.4 Å². The van der Waals surface area contributed by atoms with Crippen molar-refractivity contribution in [3.8, 4) is 11.1 Å². The van der Waals surface area contributed by atoms with Gasteiger partial charge in [-0.25, -0.2) is 9.59 Å². The smallest absolute Gasteiger partial charge is 0.407 e. The van der Waals surface area contributed by atoms with Gasteiger partial charge in [-0.1, -0.05) is 36.4 Å². The van der Waals surface area contributed by atoms with Crippen LogP contribution in [0.3, 0.4) is 0 Å². The van der Waals surface area contributed by atoms with E-state index in [1.54, 1.807) is 45.0 Å². The van der Waals surface area contributed by atoms with Gasteiger partial charge in [0, 0.05) is 6.54 Å². The number of carboxylic acid groups (broad SMARTS) is 1. The van der Waals surface area contributed by atoms with Gasteiger partial charge in [-0.2, -0.15) is 0 Å². The number of carbonyl (C=O) groups excluding carboxylic acids is 1. The van der Waals surface area contributed by atoms with E-state index in [0.717, 1.165) is 11.1 Å². The summed E-state index contributed by atoms with van der Waals surface area (Å²) in [6, 6.07) is 14.2. The van der Waals surface area contributed by atoms with Gasteiger partial charge in [0.05, 0.1) is 5.56 Å². The van der Waals surface area contributed by atoms with Gasteiger partial charge in [0.2, 0.25) is 0 Å². The summed E-state index contributed by atoms with van der Waals surface area (Å²) in [4.78, 5) is 23.1. The van der Waals surface area contributed by atoms with Gasteiger partial charge in [-0.05, 0) is 49.6 Å². The zero-order valence-corrected chi connectivity index (χ0v) is 14.0. The van der Waals surface area contributed by atoms with Crippen LogP contribution in [0.5, 0.6) is 0 Å². The number of amides is 1. The van der Waals surface area contributed by atoms with Crippen molar-refractivity contribution >= 4 is 12.1 Å². The van der Waals surface area contributed by atoms with Crippen LogP contribution in [0.4, 0.5) is 4.79 Å². The molecule has 0 heterocycles. The van der Waals surface area contributed by atoms with Crippen molar-refractivity contribution in [2.24, 2.45) is 0 Å². The lowest BCUT2D eigenvalue weighted by atomic mass is 9.98. The fourth-order valence-electron chi connectivity index (χ4n) is 2.26. The molecule has 0 fully saturated rings. The van der Waals surface area contributed by atoms with E-state index in [4.69, 9.17) is 4.74 Å². The Balaban J connectivity index is 2.16. The molecule has 2 aromatic rings. The van der Waals surface area contributed by atoms with Crippen molar-refractivity contribution in [3.63, 3.8) is 0 Å². The quantitative estimate of drug-likeness (QED) is 0.887. The number of hydrogen-bond donors (Lipinski definition) is 2. The molecule has 0 spiro atoms. The molecule has 0 bridgehead atoms. The Labute approximate surface area is 141 Å². The Hall–Kier alpha value is -2.82. The molecule has 0 aliphatic carbocycles. The molecule has 5 nitrogen and oxygen atoms in total. The van der Waals surface area contributed by atoms with Crippen LogP contribution in [-0.4, -0.2) is 22.8 Å². The third-order valence-electron chi connectivity index (χ3n) is 3.23. The van der Waals surface area contributed by atoms with Gasteiger partial charge in [0.15, 0.2) is 0 Å². The van der Waals surface area contributed by atoms with Crippen LogP contribution < -0.4 is 5.32 Å². The highest BCUT2D eigenvalue weighted by molar-refractivity contribution is 5.96. The van der Waals surface area contributed by atoms with E-state index >= 15 is 0 Å². The van der Waals surface area contributed by atoms with Gasteiger partial charge in [-0.15, -0.1) is 0 Å². The van der Waals surface area contributed by atoms with Gasteiger partial charge >= 0.3 is 12.1 Å². The molecule has 0 radical (unpaired) electrons. The summed E-state index contributed by atoms with van der Waals surface area (Å²) in [5, 5.41) is 12.0. The topological polar surface area (TPSA) is 75.6 Å². The van der Waals surface area contributed by atoms with Crippen molar-refractivity contribution in [3.05, 3.63) is 59.7 Å². The predicted octanol–water partition coefficient (Wildman–Crippen LogP) is 4.08. The van der Waals surface area contributed by atoms with E-state index in [-0.39, 0.29) is 5.56 Å². The highest BCUT2D eigenvalue weighted by Gasteiger charge is 2.16. The summed E-state index contributed by atoms with van der Waals surface area (Å²) in [6.45, 7) is 5.71. The van der Waals surface area contributed by atoms with E-state index in [0.29, 0.717) is 12.1 Å². The maximum atomic E-state index is 11.7. The standard InChI is InChI=1S/C19H21NO4/c1-19(2,3)24-18(23)20-12-13-7-6-8-14(11-13)15-9-4-5-10-16(15)17(21)22/h4-11H,12H2,1-3H3,(H,20,23)(H,21,22). The highest BCUT2D eigenvalue weighted by Crippen LogP contribution is 2.24. The number of carbonyl (C=O) groups is 2. The van der Waals surface area contributed by atoms with Crippen molar-refractivity contribution in [2.75, 3.05) is 0 Å². The molecule has 24 heavy (non-hydrogen) atoms. The zero-order chi connectivity index (χ0) is 17.7. The first-order chi connectivity index (χ1) is 11.3. The lowest BCUT2D eigenvalue weighted by Gasteiger charge is -2.19. The predicted molar refractivity (Wildman–Crippen MR) is 91.9 cm³/mol. The van der Waals surface area contributed by atoms with E-state index in [1.165, 1.54) is 0 Å². The molecular formula is C19H21NO4. The normalized spacial score (nSPS) is 11.0. The summed E-state index contributed by atoms with van der Waals surface area (Å²) in [5.41, 5.74) is 1.99.